The molecular weight excluding hydrogens is 304 g/mol. The summed E-state index contributed by atoms with van der Waals surface area (Å²) >= 11 is 0. The minimum Gasteiger partial charge on any atom is -0.497 e. The van der Waals surface area contributed by atoms with Crippen molar-refractivity contribution in [3.63, 3.8) is 0 Å². The van der Waals surface area contributed by atoms with Gasteiger partial charge in [0.25, 0.3) is 0 Å². The highest BCUT2D eigenvalue weighted by Gasteiger charge is 2.27. The molecule has 5 heteroatoms. The second-order valence-electron chi connectivity index (χ2n) is 5.86. The van der Waals surface area contributed by atoms with Crippen molar-refractivity contribution < 1.29 is 14.3 Å². The average Bonchev–Trinajstić information content (AvgIpc) is 3.13. The van der Waals surface area contributed by atoms with Crippen LogP contribution in [0.5, 0.6) is 11.5 Å². The Morgan fingerprint density at radius 3 is 2.17 bits per heavy atom. The summed E-state index contributed by atoms with van der Waals surface area (Å²) in [6, 6.07) is 15.4. The van der Waals surface area contributed by atoms with Crippen molar-refractivity contribution in [2.45, 2.75) is 12.3 Å². The Labute approximate surface area is 142 Å². The van der Waals surface area contributed by atoms with E-state index in [1.807, 2.05) is 41.3 Å². The van der Waals surface area contributed by atoms with Gasteiger partial charge in [-0.15, -0.1) is 0 Å². The van der Waals surface area contributed by atoms with Gasteiger partial charge in [0.15, 0.2) is 0 Å². The lowest BCUT2D eigenvalue weighted by Gasteiger charge is -2.18. The van der Waals surface area contributed by atoms with E-state index in [9.17, 15) is 4.79 Å². The summed E-state index contributed by atoms with van der Waals surface area (Å²) in [6.45, 7) is 1.49. The Bertz CT molecular complexity index is 683. The van der Waals surface area contributed by atoms with Crippen LogP contribution in [0, 0.1) is 0 Å². The van der Waals surface area contributed by atoms with E-state index < -0.39 is 0 Å². The maximum Gasteiger partial charge on any atom is 0.321 e. The second-order valence-corrected chi connectivity index (χ2v) is 5.86. The number of hydrogen-bond acceptors (Lipinski definition) is 3. The Kier molecular flexibility index (Phi) is 4.89. The molecule has 5 nitrogen and oxygen atoms in total. The van der Waals surface area contributed by atoms with E-state index in [1.165, 1.54) is 5.56 Å². The molecule has 0 aliphatic carbocycles. The van der Waals surface area contributed by atoms with Crippen LogP contribution in [0.1, 0.15) is 17.9 Å². The lowest BCUT2D eigenvalue weighted by molar-refractivity contribution is 0.222. The number of methoxy groups -OCH3 is 2. The molecule has 0 radical (unpaired) electrons. The number of amides is 2. The lowest BCUT2D eigenvalue weighted by Crippen LogP contribution is -2.32. The van der Waals surface area contributed by atoms with Gasteiger partial charge in [0.05, 0.1) is 14.2 Å². The molecule has 1 fully saturated rings. The molecule has 1 N–H and O–H groups in total. The van der Waals surface area contributed by atoms with Gasteiger partial charge in [-0.3, -0.25) is 0 Å². The zero-order chi connectivity index (χ0) is 16.9. The number of hydrogen-bond donors (Lipinski definition) is 1. The molecule has 0 saturated carbocycles. The third kappa shape index (κ3) is 3.62. The summed E-state index contributed by atoms with van der Waals surface area (Å²) in [5.74, 6) is 2.00. The molecule has 1 saturated heterocycles. The quantitative estimate of drug-likeness (QED) is 0.931. The molecule has 2 aromatic carbocycles. The fourth-order valence-corrected chi connectivity index (χ4v) is 2.97. The lowest BCUT2D eigenvalue weighted by atomic mass is 9.98. The Morgan fingerprint density at radius 1 is 1.00 bits per heavy atom. The number of anilines is 1. The van der Waals surface area contributed by atoms with Crippen LogP contribution in [0.25, 0.3) is 0 Å². The van der Waals surface area contributed by atoms with Crippen LogP contribution < -0.4 is 14.8 Å². The topological polar surface area (TPSA) is 50.8 Å². The number of benzene rings is 2. The van der Waals surface area contributed by atoms with E-state index in [1.54, 1.807) is 14.2 Å². The number of carbonyl (C=O) groups excluding carboxylic acids is 1. The minimum absolute atomic E-state index is 0.0591. The molecule has 126 valence electrons. The van der Waals surface area contributed by atoms with Crippen molar-refractivity contribution >= 4 is 11.7 Å². The fourth-order valence-electron chi connectivity index (χ4n) is 2.97. The third-order valence-corrected chi connectivity index (χ3v) is 4.40. The molecular formula is C19H22N2O3. The zero-order valence-electron chi connectivity index (χ0n) is 14.0. The molecule has 1 aliphatic rings. The summed E-state index contributed by atoms with van der Waals surface area (Å²) < 4.78 is 10.3. The fraction of sp³-hybridized carbons (Fsp3) is 0.316. The summed E-state index contributed by atoms with van der Waals surface area (Å²) in [5.41, 5.74) is 2.02. The van der Waals surface area contributed by atoms with E-state index in [2.05, 4.69) is 17.4 Å². The van der Waals surface area contributed by atoms with Crippen LogP contribution in [0.2, 0.25) is 0 Å². The molecule has 0 aromatic heterocycles. The Balaban J connectivity index is 1.58. The summed E-state index contributed by atoms with van der Waals surface area (Å²) in [5, 5.41) is 2.94. The van der Waals surface area contributed by atoms with E-state index in [-0.39, 0.29) is 6.03 Å². The van der Waals surface area contributed by atoms with Crippen molar-refractivity contribution in [1.82, 2.24) is 4.90 Å². The molecule has 0 bridgehead atoms. The first-order valence-corrected chi connectivity index (χ1v) is 8.03. The van der Waals surface area contributed by atoms with Gasteiger partial charge in [-0.25, -0.2) is 4.79 Å². The van der Waals surface area contributed by atoms with Gasteiger partial charge in [-0.1, -0.05) is 12.1 Å². The van der Waals surface area contributed by atoms with Crippen molar-refractivity contribution in [3.8, 4) is 11.5 Å². The summed E-state index contributed by atoms with van der Waals surface area (Å²) in [6.07, 6.45) is 0.975. The summed E-state index contributed by atoms with van der Waals surface area (Å²) in [4.78, 5) is 14.3. The average molecular weight is 326 g/mol. The highest BCUT2D eigenvalue weighted by Crippen LogP contribution is 2.29. The normalized spacial score (nSPS) is 16.8. The number of nitrogens with one attached hydrogen (secondary N) is 1. The number of urea groups is 1. The Hall–Kier alpha value is -2.69. The van der Waals surface area contributed by atoms with Gasteiger partial charge >= 0.3 is 6.03 Å². The van der Waals surface area contributed by atoms with Crippen molar-refractivity contribution in [2.24, 2.45) is 0 Å². The first kappa shape index (κ1) is 16.2. The second kappa shape index (κ2) is 7.25. The predicted octanol–water partition coefficient (Wildman–Crippen LogP) is 3.73. The van der Waals surface area contributed by atoms with Gasteiger partial charge in [-0.2, -0.15) is 0 Å². The van der Waals surface area contributed by atoms with Crippen molar-refractivity contribution in [1.29, 1.82) is 0 Å². The monoisotopic (exact) mass is 326 g/mol. The van der Waals surface area contributed by atoms with Crippen LogP contribution >= 0.6 is 0 Å². The minimum atomic E-state index is -0.0591. The standard InChI is InChI=1S/C19H22N2O3/c1-23-17-7-3-14(4-8-17)15-11-12-21(13-15)19(22)20-16-5-9-18(24-2)10-6-16/h3-10,15H,11-13H2,1-2H3,(H,20,22)/t15-/m1/s1. The first-order chi connectivity index (χ1) is 11.7. The van der Waals surface area contributed by atoms with E-state index >= 15 is 0 Å². The highest BCUT2D eigenvalue weighted by molar-refractivity contribution is 5.89. The predicted molar refractivity (Wildman–Crippen MR) is 93.9 cm³/mol. The first-order valence-electron chi connectivity index (χ1n) is 8.03. The zero-order valence-corrected chi connectivity index (χ0v) is 14.0. The van der Waals surface area contributed by atoms with Crippen LogP contribution in [0.3, 0.4) is 0 Å². The Morgan fingerprint density at radius 2 is 1.58 bits per heavy atom. The molecule has 1 atom stereocenters. The van der Waals surface area contributed by atoms with Gasteiger partial charge in [-0.05, 0) is 48.4 Å². The van der Waals surface area contributed by atoms with Gasteiger partial charge < -0.3 is 19.7 Å². The molecule has 1 heterocycles. The maximum absolute atomic E-state index is 12.4. The van der Waals surface area contributed by atoms with Crippen LogP contribution in [-0.4, -0.2) is 38.2 Å². The van der Waals surface area contributed by atoms with Crippen molar-refractivity contribution in [3.05, 3.63) is 54.1 Å². The van der Waals surface area contributed by atoms with Gasteiger partial charge in [0.1, 0.15) is 11.5 Å². The number of rotatable bonds is 4. The number of carbonyl (C=O) groups is 1. The number of ether oxygens (including phenoxy) is 2. The van der Waals surface area contributed by atoms with Crippen molar-refractivity contribution in [2.75, 3.05) is 32.6 Å². The molecule has 0 spiro atoms. The number of likely N-dealkylation sites (tertiary alicyclic amines) is 1. The third-order valence-electron chi connectivity index (χ3n) is 4.40. The maximum atomic E-state index is 12.4. The molecule has 3 rings (SSSR count). The molecule has 24 heavy (non-hydrogen) atoms. The van der Waals surface area contributed by atoms with Gasteiger partial charge in [0, 0.05) is 24.7 Å². The van der Waals surface area contributed by atoms with E-state index in [0.29, 0.717) is 5.92 Å². The molecule has 2 aromatic rings. The van der Waals surface area contributed by atoms with E-state index in [0.717, 1.165) is 36.7 Å². The van der Waals surface area contributed by atoms with Gasteiger partial charge in [0.2, 0.25) is 0 Å². The van der Waals surface area contributed by atoms with Crippen LogP contribution in [0.4, 0.5) is 10.5 Å². The molecule has 2 amide bonds. The summed E-state index contributed by atoms with van der Waals surface area (Å²) in [7, 11) is 3.28. The van der Waals surface area contributed by atoms with Crippen LogP contribution in [-0.2, 0) is 0 Å². The largest absolute Gasteiger partial charge is 0.497 e. The SMILES string of the molecule is COc1ccc(NC(=O)N2CC[C@@H](c3ccc(OC)cc3)C2)cc1. The number of nitrogens with zero attached hydrogens (tertiary/aromatic N) is 1. The van der Waals surface area contributed by atoms with Crippen LogP contribution in [0.15, 0.2) is 48.5 Å². The molecule has 1 aliphatic heterocycles. The van der Waals surface area contributed by atoms with E-state index in [4.69, 9.17) is 9.47 Å². The molecule has 0 unspecified atom stereocenters. The highest BCUT2D eigenvalue weighted by atomic mass is 16.5. The smallest absolute Gasteiger partial charge is 0.321 e.